The molecule has 108 valence electrons. The zero-order chi connectivity index (χ0) is 14.8. The number of carbonyl (C=O) groups is 1. The lowest BCUT2D eigenvalue weighted by Gasteiger charge is -2.26. The molecule has 2 aromatic carbocycles. The Kier molecular flexibility index (Phi) is 3.52. The largest absolute Gasteiger partial charge is 0.497 e. The van der Waals surface area contributed by atoms with Crippen molar-refractivity contribution in [2.75, 3.05) is 14.2 Å². The monoisotopic (exact) mass is 284 g/mol. The number of esters is 1. The van der Waals surface area contributed by atoms with E-state index in [2.05, 4.69) is 0 Å². The van der Waals surface area contributed by atoms with E-state index in [4.69, 9.17) is 14.2 Å². The molecule has 21 heavy (non-hydrogen) atoms. The lowest BCUT2D eigenvalue weighted by Crippen LogP contribution is -2.21. The number of para-hydroxylation sites is 1. The summed E-state index contributed by atoms with van der Waals surface area (Å²) in [5.41, 5.74) is 1.96. The normalized spacial score (nSPS) is 16.9. The third kappa shape index (κ3) is 2.44. The highest BCUT2D eigenvalue weighted by molar-refractivity contribution is 5.78. The second kappa shape index (κ2) is 5.48. The first-order valence-corrected chi connectivity index (χ1v) is 6.74. The molecule has 1 heterocycles. The topological polar surface area (TPSA) is 44.8 Å². The van der Waals surface area contributed by atoms with E-state index in [1.807, 2.05) is 36.4 Å². The van der Waals surface area contributed by atoms with Gasteiger partial charge in [0, 0.05) is 23.1 Å². The van der Waals surface area contributed by atoms with Gasteiger partial charge in [0.05, 0.1) is 20.6 Å². The average molecular weight is 284 g/mol. The molecule has 0 unspecified atom stereocenters. The summed E-state index contributed by atoms with van der Waals surface area (Å²) >= 11 is 0. The summed E-state index contributed by atoms with van der Waals surface area (Å²) in [4.78, 5) is 11.9. The van der Waals surface area contributed by atoms with E-state index < -0.39 is 0 Å². The number of hydrogen-bond donors (Lipinski definition) is 0. The van der Waals surface area contributed by atoms with Crippen molar-refractivity contribution in [1.82, 2.24) is 0 Å². The summed E-state index contributed by atoms with van der Waals surface area (Å²) in [6, 6.07) is 13.3. The van der Waals surface area contributed by atoms with Crippen molar-refractivity contribution in [3.63, 3.8) is 0 Å². The van der Waals surface area contributed by atoms with Crippen LogP contribution in [0.3, 0.4) is 0 Å². The Labute approximate surface area is 123 Å². The fraction of sp³-hybridized carbons (Fsp3) is 0.235. The summed E-state index contributed by atoms with van der Waals surface area (Å²) in [5.74, 6) is 1.69. The van der Waals surface area contributed by atoms with Crippen LogP contribution >= 0.6 is 0 Å². The van der Waals surface area contributed by atoms with Gasteiger partial charge < -0.3 is 14.2 Å². The van der Waals surface area contributed by atoms with Gasteiger partial charge in [-0.15, -0.1) is 0 Å². The van der Waals surface area contributed by atoms with Crippen molar-refractivity contribution in [3.05, 3.63) is 53.6 Å². The molecule has 0 fully saturated rings. The van der Waals surface area contributed by atoms with E-state index in [9.17, 15) is 4.79 Å². The van der Waals surface area contributed by atoms with Crippen molar-refractivity contribution in [2.45, 2.75) is 12.3 Å². The molecule has 0 aromatic heterocycles. The van der Waals surface area contributed by atoms with Gasteiger partial charge in [-0.3, -0.25) is 4.79 Å². The standard InChI is InChI=1S/C17H16O4/c1-19-11-7-8-13-14(10-17(18)21-16(13)9-11)12-5-3-4-6-15(12)20-2/h3-9,14H,10H2,1-2H3/t14-/m0/s1. The molecule has 0 amide bonds. The van der Waals surface area contributed by atoms with E-state index >= 15 is 0 Å². The maximum atomic E-state index is 11.9. The summed E-state index contributed by atoms with van der Waals surface area (Å²) in [5, 5.41) is 0. The van der Waals surface area contributed by atoms with Crippen LogP contribution in [0.2, 0.25) is 0 Å². The van der Waals surface area contributed by atoms with Gasteiger partial charge in [0.2, 0.25) is 0 Å². The highest BCUT2D eigenvalue weighted by Gasteiger charge is 2.30. The Morgan fingerprint density at radius 2 is 1.86 bits per heavy atom. The van der Waals surface area contributed by atoms with Crippen LogP contribution < -0.4 is 14.2 Å². The zero-order valence-corrected chi connectivity index (χ0v) is 12.0. The quantitative estimate of drug-likeness (QED) is 0.641. The van der Waals surface area contributed by atoms with Crippen molar-refractivity contribution in [1.29, 1.82) is 0 Å². The first-order valence-electron chi connectivity index (χ1n) is 6.74. The fourth-order valence-electron chi connectivity index (χ4n) is 2.69. The summed E-state index contributed by atoms with van der Waals surface area (Å²) in [6.45, 7) is 0. The Balaban J connectivity index is 2.11. The van der Waals surface area contributed by atoms with E-state index in [-0.39, 0.29) is 11.9 Å². The first-order chi connectivity index (χ1) is 10.2. The molecular weight excluding hydrogens is 268 g/mol. The number of methoxy groups -OCH3 is 2. The second-order valence-electron chi connectivity index (χ2n) is 4.88. The third-order valence-electron chi connectivity index (χ3n) is 3.71. The highest BCUT2D eigenvalue weighted by atomic mass is 16.5. The van der Waals surface area contributed by atoms with Crippen LogP contribution in [0, 0.1) is 0 Å². The molecule has 0 radical (unpaired) electrons. The Morgan fingerprint density at radius 3 is 2.62 bits per heavy atom. The van der Waals surface area contributed by atoms with Crippen LogP contribution in [0.5, 0.6) is 17.2 Å². The zero-order valence-electron chi connectivity index (χ0n) is 12.0. The van der Waals surface area contributed by atoms with Crippen molar-refractivity contribution in [3.8, 4) is 17.2 Å². The molecule has 1 aliphatic rings. The molecule has 0 bridgehead atoms. The number of fused-ring (bicyclic) bond motifs is 1. The van der Waals surface area contributed by atoms with Gasteiger partial charge in [-0.2, -0.15) is 0 Å². The number of carbonyl (C=O) groups excluding carboxylic acids is 1. The average Bonchev–Trinajstić information content (AvgIpc) is 2.53. The smallest absolute Gasteiger partial charge is 0.312 e. The maximum Gasteiger partial charge on any atom is 0.312 e. The predicted octanol–water partition coefficient (Wildman–Crippen LogP) is 3.14. The van der Waals surface area contributed by atoms with Crippen LogP contribution in [0.15, 0.2) is 42.5 Å². The van der Waals surface area contributed by atoms with Crippen molar-refractivity contribution in [2.24, 2.45) is 0 Å². The Morgan fingerprint density at radius 1 is 1.05 bits per heavy atom. The fourth-order valence-corrected chi connectivity index (χ4v) is 2.69. The molecule has 0 aliphatic carbocycles. The number of benzene rings is 2. The molecule has 0 spiro atoms. The van der Waals surface area contributed by atoms with E-state index in [1.165, 1.54) is 0 Å². The Hall–Kier alpha value is -2.49. The summed E-state index contributed by atoms with van der Waals surface area (Å²) in [7, 11) is 3.22. The van der Waals surface area contributed by atoms with Crippen LogP contribution in [-0.4, -0.2) is 20.2 Å². The molecule has 4 heteroatoms. The molecule has 2 aromatic rings. The van der Waals surface area contributed by atoms with Crippen LogP contribution in [0.1, 0.15) is 23.5 Å². The lowest BCUT2D eigenvalue weighted by molar-refractivity contribution is -0.135. The molecule has 4 nitrogen and oxygen atoms in total. The number of hydrogen-bond acceptors (Lipinski definition) is 4. The van der Waals surface area contributed by atoms with Gasteiger partial charge >= 0.3 is 5.97 Å². The summed E-state index contributed by atoms with van der Waals surface area (Å²) < 4.78 is 15.9. The SMILES string of the molecule is COc1ccc2c(c1)OC(=O)C[C@H]2c1ccccc1OC. The van der Waals surface area contributed by atoms with E-state index in [1.54, 1.807) is 20.3 Å². The van der Waals surface area contributed by atoms with Gasteiger partial charge in [0.15, 0.2) is 0 Å². The minimum absolute atomic E-state index is 0.0664. The van der Waals surface area contributed by atoms with Gasteiger partial charge in [0.25, 0.3) is 0 Å². The van der Waals surface area contributed by atoms with Crippen molar-refractivity contribution < 1.29 is 19.0 Å². The van der Waals surface area contributed by atoms with E-state index in [0.29, 0.717) is 17.9 Å². The van der Waals surface area contributed by atoms with Gasteiger partial charge in [0.1, 0.15) is 17.2 Å². The minimum atomic E-state index is -0.244. The van der Waals surface area contributed by atoms with Gasteiger partial charge in [-0.05, 0) is 12.1 Å². The lowest BCUT2D eigenvalue weighted by atomic mass is 9.86. The molecule has 0 N–H and O–H groups in total. The second-order valence-corrected chi connectivity index (χ2v) is 4.88. The molecule has 1 atom stereocenters. The molecule has 3 rings (SSSR count). The van der Waals surface area contributed by atoms with Gasteiger partial charge in [-0.1, -0.05) is 24.3 Å². The van der Waals surface area contributed by atoms with Crippen LogP contribution in [-0.2, 0) is 4.79 Å². The number of ether oxygens (including phenoxy) is 3. The summed E-state index contributed by atoms with van der Waals surface area (Å²) in [6.07, 6.45) is 0.305. The first kappa shape index (κ1) is 13.5. The van der Waals surface area contributed by atoms with Crippen molar-refractivity contribution >= 4 is 5.97 Å². The number of rotatable bonds is 3. The molecule has 0 saturated carbocycles. The Bertz CT molecular complexity index is 678. The maximum absolute atomic E-state index is 11.9. The highest BCUT2D eigenvalue weighted by Crippen LogP contribution is 2.42. The predicted molar refractivity (Wildman–Crippen MR) is 78.1 cm³/mol. The molecule has 1 aliphatic heterocycles. The van der Waals surface area contributed by atoms with Gasteiger partial charge in [-0.25, -0.2) is 0 Å². The van der Waals surface area contributed by atoms with Crippen LogP contribution in [0.4, 0.5) is 0 Å². The molecule has 0 saturated heterocycles. The van der Waals surface area contributed by atoms with E-state index in [0.717, 1.165) is 16.9 Å². The third-order valence-corrected chi connectivity index (χ3v) is 3.71. The van der Waals surface area contributed by atoms with Crippen LogP contribution in [0.25, 0.3) is 0 Å². The minimum Gasteiger partial charge on any atom is -0.497 e. The molecular formula is C17H16O4.